The Morgan fingerprint density at radius 3 is 2.67 bits per heavy atom. The summed E-state index contributed by atoms with van der Waals surface area (Å²) in [6, 6.07) is 7.70. The highest BCUT2D eigenvalue weighted by molar-refractivity contribution is 6.14. The number of hydrogen-bond donors (Lipinski definition) is 2. The van der Waals surface area contributed by atoms with Crippen LogP contribution < -0.4 is 10.5 Å². The van der Waals surface area contributed by atoms with E-state index in [1.54, 1.807) is 19.1 Å². The van der Waals surface area contributed by atoms with E-state index < -0.39 is 0 Å². The van der Waals surface area contributed by atoms with Gasteiger partial charge in [0.05, 0.1) is 5.71 Å². The quantitative estimate of drug-likeness (QED) is 0.793. The van der Waals surface area contributed by atoms with Gasteiger partial charge in [0, 0.05) is 11.8 Å². The maximum absolute atomic E-state index is 7.70. The lowest BCUT2D eigenvalue weighted by Crippen LogP contribution is -2.15. The first kappa shape index (κ1) is 12.1. The molecule has 0 fully saturated rings. The predicted octanol–water partition coefficient (Wildman–Crippen LogP) is 2.55. The Bertz CT molecular complexity index is 578. The van der Waals surface area contributed by atoms with Gasteiger partial charge in [-0.1, -0.05) is 18.2 Å². The molecule has 2 rings (SSSR count). The van der Waals surface area contributed by atoms with E-state index in [4.69, 9.17) is 15.9 Å². The summed E-state index contributed by atoms with van der Waals surface area (Å²) in [5.74, 6) is 1.20. The minimum absolute atomic E-state index is 0.298. The Balaban J connectivity index is 2.29. The van der Waals surface area contributed by atoms with Crippen molar-refractivity contribution in [2.75, 3.05) is 0 Å². The molecule has 0 spiro atoms. The summed E-state index contributed by atoms with van der Waals surface area (Å²) in [4.78, 5) is 4.24. The second-order valence-electron chi connectivity index (χ2n) is 4.10. The van der Waals surface area contributed by atoms with Gasteiger partial charge in [-0.2, -0.15) is 0 Å². The number of nitrogens with two attached hydrogens (primary N) is 1. The molecule has 1 aromatic carbocycles. The number of hydrogen-bond acceptors (Lipinski definition) is 4. The minimum atomic E-state index is 0.298. The van der Waals surface area contributed by atoms with Crippen molar-refractivity contribution in [1.29, 1.82) is 5.41 Å². The van der Waals surface area contributed by atoms with Crippen molar-refractivity contribution in [2.24, 2.45) is 10.7 Å². The zero-order valence-corrected chi connectivity index (χ0v) is 10.4. The van der Waals surface area contributed by atoms with Crippen LogP contribution in [0.3, 0.4) is 0 Å². The van der Waals surface area contributed by atoms with Crippen LogP contribution >= 0.6 is 0 Å². The van der Waals surface area contributed by atoms with E-state index in [9.17, 15) is 0 Å². The lowest BCUT2D eigenvalue weighted by molar-refractivity contribution is 0.549. The lowest BCUT2D eigenvalue weighted by Gasteiger charge is -2.13. The molecule has 0 unspecified atom stereocenters. The van der Waals surface area contributed by atoms with Crippen LogP contribution in [0.25, 0.3) is 0 Å². The molecule has 0 atom stereocenters. The third-order valence-corrected chi connectivity index (χ3v) is 2.55. The molecular weight excluding hydrogens is 226 g/mol. The van der Waals surface area contributed by atoms with Crippen molar-refractivity contribution in [3.8, 4) is 5.75 Å². The fraction of sp³-hybridized carbons (Fsp3) is 0.143. The first-order valence-corrected chi connectivity index (χ1v) is 5.63. The lowest BCUT2D eigenvalue weighted by atomic mass is 10.2. The third kappa shape index (κ3) is 2.48. The number of rotatable bonds is 1. The van der Waals surface area contributed by atoms with E-state index in [1.165, 1.54) is 0 Å². The number of aliphatic imine (C=N–C) groups is 1. The summed E-state index contributed by atoms with van der Waals surface area (Å²) in [6.45, 7) is 3.69. The summed E-state index contributed by atoms with van der Waals surface area (Å²) in [5, 5.41) is 7.70. The molecule has 1 aromatic rings. The molecule has 1 aliphatic heterocycles. The Morgan fingerprint density at radius 1 is 1.28 bits per heavy atom. The van der Waals surface area contributed by atoms with Gasteiger partial charge >= 0.3 is 0 Å². The van der Waals surface area contributed by atoms with E-state index in [1.807, 2.05) is 31.2 Å². The van der Waals surface area contributed by atoms with Crippen LogP contribution in [-0.2, 0) is 0 Å². The number of ether oxygens (including phenoxy) is 1. The van der Waals surface area contributed by atoms with Gasteiger partial charge < -0.3 is 10.5 Å². The highest BCUT2D eigenvalue weighted by Gasteiger charge is 2.12. The normalized spacial score (nSPS) is 17.4. The van der Waals surface area contributed by atoms with Crippen LogP contribution in [0.5, 0.6) is 5.75 Å². The predicted molar refractivity (Wildman–Crippen MR) is 73.0 cm³/mol. The highest BCUT2D eigenvalue weighted by atomic mass is 16.5. The molecule has 3 N–H and O–H groups in total. The standard InChI is InChI=1S/C14H15N3O/c1-9-5-3-4-6-12(9)18-13-8-7-11(16)14(17-13)10(2)15/h3-8,16H,15H2,1-2H3/b14-10-,16-11?. The van der Waals surface area contributed by atoms with Crippen LogP contribution in [0, 0.1) is 12.3 Å². The number of para-hydroxylation sites is 1. The van der Waals surface area contributed by atoms with E-state index in [0.717, 1.165) is 11.3 Å². The number of nitrogens with one attached hydrogen (secondary N) is 1. The molecule has 1 heterocycles. The molecule has 1 aliphatic rings. The summed E-state index contributed by atoms with van der Waals surface area (Å²) < 4.78 is 5.69. The molecule has 4 nitrogen and oxygen atoms in total. The second-order valence-corrected chi connectivity index (χ2v) is 4.10. The Kier molecular flexibility index (Phi) is 3.28. The van der Waals surface area contributed by atoms with Crippen molar-refractivity contribution < 1.29 is 4.74 Å². The SMILES string of the molecule is C/C(N)=C1/N=C(Oc2ccccc2C)C=CC1=N. The molecule has 18 heavy (non-hydrogen) atoms. The van der Waals surface area contributed by atoms with Crippen molar-refractivity contribution in [1.82, 2.24) is 0 Å². The largest absolute Gasteiger partial charge is 0.439 e. The molecule has 0 saturated carbocycles. The van der Waals surface area contributed by atoms with E-state index in [2.05, 4.69) is 4.99 Å². The smallest absolute Gasteiger partial charge is 0.219 e. The van der Waals surface area contributed by atoms with Gasteiger partial charge in [0.2, 0.25) is 5.90 Å². The Hall–Kier alpha value is -2.36. The number of nitrogens with zero attached hydrogens (tertiary/aromatic N) is 1. The van der Waals surface area contributed by atoms with E-state index >= 15 is 0 Å². The zero-order chi connectivity index (χ0) is 13.1. The molecule has 92 valence electrons. The van der Waals surface area contributed by atoms with Crippen molar-refractivity contribution in [2.45, 2.75) is 13.8 Å². The summed E-state index contributed by atoms with van der Waals surface area (Å²) in [5.41, 5.74) is 7.98. The van der Waals surface area contributed by atoms with Gasteiger partial charge in [-0.3, -0.25) is 5.41 Å². The molecule has 0 saturated heterocycles. The van der Waals surface area contributed by atoms with Crippen LogP contribution in [-0.4, -0.2) is 11.6 Å². The average molecular weight is 241 g/mol. The monoisotopic (exact) mass is 241 g/mol. The minimum Gasteiger partial charge on any atom is -0.439 e. The molecular formula is C14H15N3O. The molecule has 0 aliphatic carbocycles. The van der Waals surface area contributed by atoms with Crippen LogP contribution in [0.1, 0.15) is 12.5 Å². The Morgan fingerprint density at radius 2 is 2.00 bits per heavy atom. The van der Waals surface area contributed by atoms with Gasteiger partial charge in [-0.15, -0.1) is 0 Å². The van der Waals surface area contributed by atoms with Gasteiger partial charge in [0.25, 0.3) is 0 Å². The van der Waals surface area contributed by atoms with E-state index in [0.29, 0.717) is 23.0 Å². The summed E-state index contributed by atoms with van der Waals surface area (Å²) in [6.07, 6.45) is 3.30. The maximum Gasteiger partial charge on any atom is 0.219 e. The number of allylic oxidation sites excluding steroid dienone is 2. The first-order valence-electron chi connectivity index (χ1n) is 5.63. The van der Waals surface area contributed by atoms with Gasteiger partial charge in [-0.25, -0.2) is 4.99 Å². The van der Waals surface area contributed by atoms with Gasteiger partial charge in [-0.05, 0) is 31.6 Å². The topological polar surface area (TPSA) is 71.5 Å². The van der Waals surface area contributed by atoms with Crippen LogP contribution in [0.4, 0.5) is 0 Å². The maximum atomic E-state index is 7.70. The molecule has 0 radical (unpaired) electrons. The number of aryl methyl sites for hydroxylation is 1. The molecule has 0 aromatic heterocycles. The van der Waals surface area contributed by atoms with Gasteiger partial charge in [0.15, 0.2) is 0 Å². The van der Waals surface area contributed by atoms with Crippen molar-refractivity contribution in [3.63, 3.8) is 0 Å². The van der Waals surface area contributed by atoms with E-state index in [-0.39, 0.29) is 0 Å². The number of dihydropyridines is 1. The summed E-state index contributed by atoms with van der Waals surface area (Å²) >= 11 is 0. The average Bonchev–Trinajstić information content (AvgIpc) is 2.34. The zero-order valence-electron chi connectivity index (χ0n) is 10.4. The first-order chi connectivity index (χ1) is 8.58. The fourth-order valence-electron chi connectivity index (χ4n) is 1.58. The third-order valence-electron chi connectivity index (χ3n) is 2.55. The molecule has 4 heteroatoms. The molecule has 0 amide bonds. The van der Waals surface area contributed by atoms with Gasteiger partial charge in [0.1, 0.15) is 11.4 Å². The molecule has 0 bridgehead atoms. The fourth-order valence-corrected chi connectivity index (χ4v) is 1.58. The highest BCUT2D eigenvalue weighted by Crippen LogP contribution is 2.19. The van der Waals surface area contributed by atoms with Crippen LogP contribution in [0.15, 0.2) is 52.8 Å². The Labute approximate surface area is 106 Å². The summed E-state index contributed by atoms with van der Waals surface area (Å²) in [7, 11) is 0. The van der Waals surface area contributed by atoms with Crippen molar-refractivity contribution >= 4 is 11.6 Å². The second kappa shape index (κ2) is 4.87. The number of benzene rings is 1. The van der Waals surface area contributed by atoms with Crippen molar-refractivity contribution in [3.05, 3.63) is 53.4 Å². The van der Waals surface area contributed by atoms with Crippen LogP contribution in [0.2, 0.25) is 0 Å².